The van der Waals surface area contributed by atoms with Gasteiger partial charge in [0.25, 0.3) is 0 Å². The highest BCUT2D eigenvalue weighted by Crippen LogP contribution is 2.27. The van der Waals surface area contributed by atoms with E-state index in [1.807, 2.05) is 0 Å². The van der Waals surface area contributed by atoms with E-state index in [1.54, 1.807) is 19.1 Å². The molecule has 5 atom stereocenters. The molecule has 0 bridgehead atoms. The van der Waals surface area contributed by atoms with Gasteiger partial charge in [-0.05, 0) is 30.7 Å². The lowest BCUT2D eigenvalue weighted by Gasteiger charge is -2.39. The molecule has 0 radical (unpaired) electrons. The first-order valence-electron chi connectivity index (χ1n) is 7.42. The Morgan fingerprint density at radius 3 is 2.58 bits per heavy atom. The van der Waals surface area contributed by atoms with E-state index in [-0.39, 0.29) is 0 Å². The topological polar surface area (TPSA) is 130 Å². The number of hydrogen-bond acceptors (Lipinski definition) is 8. The molecule has 1 fully saturated rings. The third-order valence-corrected chi connectivity index (χ3v) is 4.02. The van der Waals surface area contributed by atoms with Gasteiger partial charge < -0.3 is 34.3 Å². The van der Waals surface area contributed by atoms with Gasteiger partial charge in [0.15, 0.2) is 0 Å². The van der Waals surface area contributed by atoms with Crippen molar-refractivity contribution in [3.63, 3.8) is 0 Å². The average molecular weight is 338 g/mol. The molecule has 0 saturated carbocycles. The standard InChI is InChI=1S/C16H18O8/c1-7-4-12(18)23-10-3-2-8(5-9(7)10)22-16-15(21)14(20)13(19)11(6-17)24-16/h2-5,11,13-17,19-21H,6H2,1H3/t11-,13-,14+,15+,16+/m1/s1. The highest BCUT2D eigenvalue weighted by Gasteiger charge is 2.44. The molecule has 8 heteroatoms. The lowest BCUT2D eigenvalue weighted by Crippen LogP contribution is -2.60. The van der Waals surface area contributed by atoms with E-state index >= 15 is 0 Å². The van der Waals surface area contributed by atoms with E-state index in [2.05, 4.69) is 0 Å². The van der Waals surface area contributed by atoms with E-state index in [4.69, 9.17) is 13.9 Å². The Morgan fingerprint density at radius 1 is 1.12 bits per heavy atom. The van der Waals surface area contributed by atoms with Gasteiger partial charge in [0.1, 0.15) is 35.7 Å². The summed E-state index contributed by atoms with van der Waals surface area (Å²) in [6.07, 6.45) is -6.77. The summed E-state index contributed by atoms with van der Waals surface area (Å²) in [7, 11) is 0. The second kappa shape index (κ2) is 6.50. The van der Waals surface area contributed by atoms with Crippen molar-refractivity contribution in [1.82, 2.24) is 0 Å². The molecule has 1 aromatic heterocycles. The number of aliphatic hydroxyl groups is 4. The first-order chi connectivity index (χ1) is 11.4. The molecule has 4 N–H and O–H groups in total. The molecule has 1 aromatic carbocycles. The molecule has 0 spiro atoms. The van der Waals surface area contributed by atoms with Gasteiger partial charge in [0.05, 0.1) is 6.61 Å². The minimum absolute atomic E-state index is 0.309. The van der Waals surface area contributed by atoms with E-state index in [1.165, 1.54) is 12.1 Å². The monoisotopic (exact) mass is 338 g/mol. The largest absolute Gasteiger partial charge is 0.462 e. The van der Waals surface area contributed by atoms with E-state index < -0.39 is 42.9 Å². The lowest BCUT2D eigenvalue weighted by atomic mass is 9.99. The first kappa shape index (κ1) is 16.9. The highest BCUT2D eigenvalue weighted by atomic mass is 16.7. The van der Waals surface area contributed by atoms with Gasteiger partial charge in [0.2, 0.25) is 6.29 Å². The van der Waals surface area contributed by atoms with Crippen LogP contribution in [0.15, 0.2) is 33.5 Å². The van der Waals surface area contributed by atoms with E-state index in [9.17, 15) is 25.2 Å². The van der Waals surface area contributed by atoms with Crippen molar-refractivity contribution < 1.29 is 34.3 Å². The Morgan fingerprint density at radius 2 is 1.88 bits per heavy atom. The number of ether oxygens (including phenoxy) is 2. The van der Waals surface area contributed by atoms with Gasteiger partial charge in [-0.25, -0.2) is 4.79 Å². The van der Waals surface area contributed by atoms with Gasteiger partial charge in [-0.3, -0.25) is 0 Å². The Hall–Kier alpha value is -1.97. The summed E-state index contributed by atoms with van der Waals surface area (Å²) in [5.74, 6) is 0.309. The lowest BCUT2D eigenvalue weighted by molar-refractivity contribution is -0.277. The molecule has 8 nitrogen and oxygen atoms in total. The van der Waals surface area contributed by atoms with Crippen molar-refractivity contribution >= 4 is 11.0 Å². The molecule has 1 aliphatic rings. The fraction of sp³-hybridized carbons (Fsp3) is 0.438. The molecule has 130 valence electrons. The number of rotatable bonds is 3. The van der Waals surface area contributed by atoms with E-state index in [0.29, 0.717) is 22.3 Å². The first-order valence-corrected chi connectivity index (χ1v) is 7.42. The normalized spacial score (nSPS) is 30.5. The average Bonchev–Trinajstić information content (AvgIpc) is 2.55. The Kier molecular flexibility index (Phi) is 4.57. The summed E-state index contributed by atoms with van der Waals surface area (Å²) in [6.45, 7) is 1.21. The molecule has 0 amide bonds. The Balaban J connectivity index is 1.87. The van der Waals surface area contributed by atoms with Crippen LogP contribution in [0.3, 0.4) is 0 Å². The van der Waals surface area contributed by atoms with Crippen LogP contribution >= 0.6 is 0 Å². The molecule has 2 heterocycles. The van der Waals surface area contributed by atoms with Crippen molar-refractivity contribution in [2.75, 3.05) is 6.61 Å². The molecule has 0 aliphatic carbocycles. The third-order valence-electron chi connectivity index (χ3n) is 4.02. The minimum atomic E-state index is -1.51. The maximum atomic E-state index is 11.4. The molecule has 3 rings (SSSR count). The van der Waals surface area contributed by atoms with Crippen LogP contribution in [0, 0.1) is 6.92 Å². The molecular weight excluding hydrogens is 320 g/mol. The highest BCUT2D eigenvalue weighted by molar-refractivity contribution is 5.81. The van der Waals surface area contributed by atoms with Gasteiger partial charge in [-0.2, -0.15) is 0 Å². The molecule has 24 heavy (non-hydrogen) atoms. The van der Waals surface area contributed by atoms with E-state index in [0.717, 1.165) is 0 Å². The van der Waals surface area contributed by atoms with Crippen molar-refractivity contribution in [3.05, 3.63) is 40.2 Å². The number of benzene rings is 1. The number of hydrogen-bond donors (Lipinski definition) is 4. The van der Waals surface area contributed by atoms with Crippen molar-refractivity contribution in [2.45, 2.75) is 37.6 Å². The molecule has 1 saturated heterocycles. The summed E-state index contributed by atoms with van der Waals surface area (Å²) in [4.78, 5) is 11.4. The zero-order valence-electron chi connectivity index (χ0n) is 12.8. The fourth-order valence-corrected chi connectivity index (χ4v) is 2.67. The molecule has 0 unspecified atom stereocenters. The molecule has 2 aromatic rings. The van der Waals surface area contributed by atoms with Crippen LogP contribution in [0.1, 0.15) is 5.56 Å². The summed E-state index contributed by atoms with van der Waals surface area (Å²) in [5, 5.41) is 39.3. The maximum absolute atomic E-state index is 11.4. The Labute approximate surface area is 136 Å². The van der Waals surface area contributed by atoms with Crippen LogP contribution in [0.4, 0.5) is 0 Å². The van der Waals surface area contributed by atoms with Gasteiger partial charge in [0, 0.05) is 11.5 Å². The van der Waals surface area contributed by atoms with Crippen LogP contribution in [-0.2, 0) is 4.74 Å². The van der Waals surface area contributed by atoms with Crippen molar-refractivity contribution in [1.29, 1.82) is 0 Å². The molecular formula is C16H18O8. The zero-order chi connectivity index (χ0) is 17.4. The summed E-state index contributed by atoms with van der Waals surface area (Å²) < 4.78 is 15.9. The van der Waals surface area contributed by atoms with Crippen LogP contribution < -0.4 is 10.4 Å². The minimum Gasteiger partial charge on any atom is -0.462 e. The predicted molar refractivity (Wildman–Crippen MR) is 81.6 cm³/mol. The smallest absolute Gasteiger partial charge is 0.336 e. The fourth-order valence-electron chi connectivity index (χ4n) is 2.67. The zero-order valence-corrected chi connectivity index (χ0v) is 12.8. The summed E-state index contributed by atoms with van der Waals surface area (Å²) in [5.41, 5.74) is 0.629. The summed E-state index contributed by atoms with van der Waals surface area (Å²) in [6, 6.07) is 6.02. The van der Waals surface area contributed by atoms with Gasteiger partial charge >= 0.3 is 5.63 Å². The number of aliphatic hydroxyl groups excluding tert-OH is 4. The van der Waals surface area contributed by atoms with Gasteiger partial charge in [-0.1, -0.05) is 0 Å². The second-order valence-electron chi connectivity index (χ2n) is 5.72. The SMILES string of the molecule is Cc1cc(=O)oc2ccc(O[C@H]3O[C@H](CO)[C@@H](O)[C@H](O)[C@@H]3O)cc12. The predicted octanol–water partition coefficient (Wildman–Crippen LogP) is -0.720. The van der Waals surface area contributed by atoms with Crippen LogP contribution in [0.5, 0.6) is 5.75 Å². The van der Waals surface area contributed by atoms with Crippen LogP contribution in [0.25, 0.3) is 11.0 Å². The molecule has 1 aliphatic heterocycles. The quantitative estimate of drug-likeness (QED) is 0.540. The van der Waals surface area contributed by atoms with Crippen LogP contribution in [-0.4, -0.2) is 57.7 Å². The maximum Gasteiger partial charge on any atom is 0.336 e. The third kappa shape index (κ3) is 3.02. The Bertz CT molecular complexity index is 783. The number of fused-ring (bicyclic) bond motifs is 1. The van der Waals surface area contributed by atoms with Gasteiger partial charge in [-0.15, -0.1) is 0 Å². The summed E-state index contributed by atoms with van der Waals surface area (Å²) >= 11 is 0. The van der Waals surface area contributed by atoms with Crippen molar-refractivity contribution in [2.24, 2.45) is 0 Å². The number of aryl methyl sites for hydroxylation is 1. The second-order valence-corrected chi connectivity index (χ2v) is 5.72. The van der Waals surface area contributed by atoms with Crippen LogP contribution in [0.2, 0.25) is 0 Å². The van der Waals surface area contributed by atoms with Crippen molar-refractivity contribution in [3.8, 4) is 5.75 Å².